The summed E-state index contributed by atoms with van der Waals surface area (Å²) in [5.74, 6) is 1.69. The minimum absolute atomic E-state index is 0.503. The highest BCUT2D eigenvalue weighted by atomic mass is 32.2. The van der Waals surface area contributed by atoms with Gasteiger partial charge in [-0.25, -0.2) is 0 Å². The van der Waals surface area contributed by atoms with Gasteiger partial charge in [-0.05, 0) is 0 Å². The van der Waals surface area contributed by atoms with Gasteiger partial charge in [0.05, 0.1) is 0 Å². The Morgan fingerprint density at radius 3 is 1.89 bits per heavy atom. The van der Waals surface area contributed by atoms with Gasteiger partial charge in [-0.3, -0.25) is 4.21 Å². The van der Waals surface area contributed by atoms with Crippen molar-refractivity contribution in [2.24, 2.45) is 0 Å². The van der Waals surface area contributed by atoms with E-state index in [2.05, 4.69) is 5.32 Å². The van der Waals surface area contributed by atoms with Crippen molar-refractivity contribution in [2.45, 2.75) is 13.8 Å². The van der Waals surface area contributed by atoms with Crippen molar-refractivity contribution in [1.29, 1.82) is 0 Å². The average Bonchev–Trinajstić information content (AvgIpc) is 1.94. The zero-order valence-corrected chi connectivity index (χ0v) is 6.96. The van der Waals surface area contributed by atoms with E-state index < -0.39 is 10.8 Å². The molecule has 1 fully saturated rings. The van der Waals surface area contributed by atoms with Gasteiger partial charge in [0.2, 0.25) is 0 Å². The monoisotopic (exact) mass is 149 g/mol. The van der Waals surface area contributed by atoms with E-state index in [0.29, 0.717) is 0 Å². The molecule has 0 saturated carbocycles. The molecule has 0 spiro atoms. The van der Waals surface area contributed by atoms with Gasteiger partial charge in [0, 0.05) is 35.4 Å². The molecule has 1 heterocycles. The van der Waals surface area contributed by atoms with Crippen LogP contribution in [0.2, 0.25) is 0 Å². The summed E-state index contributed by atoms with van der Waals surface area (Å²) >= 11 is 0. The van der Waals surface area contributed by atoms with Crippen LogP contribution in [0.1, 0.15) is 13.8 Å². The summed E-state index contributed by atoms with van der Waals surface area (Å²) in [7, 11) is -0.503. The highest BCUT2D eigenvalue weighted by Gasteiger charge is 2.03. The number of rotatable bonds is 0. The lowest BCUT2D eigenvalue weighted by Gasteiger charge is -2.09. The summed E-state index contributed by atoms with van der Waals surface area (Å²) in [6.45, 7) is 5.87. The Morgan fingerprint density at radius 2 is 1.67 bits per heavy atom. The predicted molar refractivity (Wildman–Crippen MR) is 42.1 cm³/mol. The fraction of sp³-hybridized carbons (Fsp3) is 1.00. The molecule has 2 nitrogen and oxygen atoms in total. The Kier molecular flexibility index (Phi) is 6.31. The maximum atomic E-state index is 10.5. The van der Waals surface area contributed by atoms with Crippen molar-refractivity contribution in [3.63, 3.8) is 0 Å². The van der Waals surface area contributed by atoms with E-state index in [1.54, 1.807) is 0 Å². The zero-order chi connectivity index (χ0) is 7.11. The Balaban J connectivity index is 0.000000291. The molecule has 1 rings (SSSR count). The van der Waals surface area contributed by atoms with Crippen LogP contribution in [0.3, 0.4) is 0 Å². The number of hydrogen-bond donors (Lipinski definition) is 1. The highest BCUT2D eigenvalue weighted by Crippen LogP contribution is 1.84. The fourth-order valence-corrected chi connectivity index (χ4v) is 1.55. The molecule has 9 heavy (non-hydrogen) atoms. The minimum atomic E-state index is -0.503. The summed E-state index contributed by atoms with van der Waals surface area (Å²) in [5.41, 5.74) is 0. The maximum absolute atomic E-state index is 10.5. The zero-order valence-electron chi connectivity index (χ0n) is 6.14. The Labute approximate surface area is 59.5 Å². The van der Waals surface area contributed by atoms with Gasteiger partial charge >= 0.3 is 0 Å². The highest BCUT2D eigenvalue weighted by molar-refractivity contribution is 7.85. The lowest BCUT2D eigenvalue weighted by atomic mass is 10.6. The molecule has 0 bridgehead atoms. The topological polar surface area (TPSA) is 29.1 Å². The van der Waals surface area contributed by atoms with Crippen LogP contribution in [-0.2, 0) is 10.8 Å². The molecule has 1 aliphatic heterocycles. The second kappa shape index (κ2) is 6.23. The van der Waals surface area contributed by atoms with Crippen molar-refractivity contribution in [3.8, 4) is 0 Å². The average molecular weight is 149 g/mol. The summed E-state index contributed by atoms with van der Waals surface area (Å²) in [6, 6.07) is 0. The van der Waals surface area contributed by atoms with Gasteiger partial charge in [0.1, 0.15) is 0 Å². The first-order chi connectivity index (χ1) is 4.39. The van der Waals surface area contributed by atoms with Crippen LogP contribution >= 0.6 is 0 Å². The molecule has 0 aromatic carbocycles. The third kappa shape index (κ3) is 4.60. The smallest absolute Gasteiger partial charge is 0.0360 e. The molecule has 56 valence electrons. The van der Waals surface area contributed by atoms with Crippen molar-refractivity contribution in [3.05, 3.63) is 0 Å². The van der Waals surface area contributed by atoms with Gasteiger partial charge in [0.15, 0.2) is 0 Å². The number of hydrogen-bond acceptors (Lipinski definition) is 2. The summed E-state index contributed by atoms with van der Waals surface area (Å²) < 4.78 is 10.5. The molecule has 3 heteroatoms. The van der Waals surface area contributed by atoms with Gasteiger partial charge < -0.3 is 5.32 Å². The van der Waals surface area contributed by atoms with Crippen LogP contribution in [0.15, 0.2) is 0 Å². The van der Waals surface area contributed by atoms with Gasteiger partial charge in [0.25, 0.3) is 0 Å². The molecule has 0 aromatic heterocycles. The van der Waals surface area contributed by atoms with Gasteiger partial charge in [-0.2, -0.15) is 0 Å². The predicted octanol–water partition coefficient (Wildman–Crippen LogP) is 0.365. The van der Waals surface area contributed by atoms with Gasteiger partial charge in [-0.1, -0.05) is 13.8 Å². The standard InChI is InChI=1S/C4H9NOS.C2H6/c6-7-3-1-5-2-4-7;1-2/h5H,1-4H2;1-2H3. The normalized spacial score (nSPS) is 20.2. The van der Waals surface area contributed by atoms with Crippen LogP contribution in [0, 0.1) is 0 Å². The van der Waals surface area contributed by atoms with Crippen LogP contribution in [-0.4, -0.2) is 28.8 Å². The maximum Gasteiger partial charge on any atom is 0.0360 e. The van der Waals surface area contributed by atoms with E-state index in [0.717, 1.165) is 24.6 Å². The van der Waals surface area contributed by atoms with E-state index in [1.165, 1.54) is 0 Å². The van der Waals surface area contributed by atoms with Crippen LogP contribution in [0.5, 0.6) is 0 Å². The quantitative estimate of drug-likeness (QED) is 0.539. The largest absolute Gasteiger partial charge is 0.315 e. The summed E-state index contributed by atoms with van der Waals surface area (Å²) in [4.78, 5) is 0. The van der Waals surface area contributed by atoms with E-state index in [4.69, 9.17) is 0 Å². The van der Waals surface area contributed by atoms with Crippen LogP contribution in [0.25, 0.3) is 0 Å². The number of nitrogens with one attached hydrogen (secondary N) is 1. The minimum Gasteiger partial charge on any atom is -0.315 e. The molecule has 0 atom stereocenters. The second-order valence-electron chi connectivity index (χ2n) is 1.60. The molecule has 0 unspecified atom stereocenters. The van der Waals surface area contributed by atoms with E-state index in [9.17, 15) is 4.21 Å². The molecular formula is C6H15NOS. The first-order valence-electron chi connectivity index (χ1n) is 3.45. The van der Waals surface area contributed by atoms with E-state index in [-0.39, 0.29) is 0 Å². The second-order valence-corrected chi connectivity index (χ2v) is 3.29. The van der Waals surface area contributed by atoms with Crippen LogP contribution in [0.4, 0.5) is 0 Å². The molecule has 0 aliphatic carbocycles. The lowest BCUT2D eigenvalue weighted by Crippen LogP contribution is -2.32. The Morgan fingerprint density at radius 1 is 1.22 bits per heavy atom. The first-order valence-corrected chi connectivity index (χ1v) is 4.94. The summed E-state index contributed by atoms with van der Waals surface area (Å²) in [6.07, 6.45) is 0. The molecule has 1 N–H and O–H groups in total. The third-order valence-corrected chi connectivity index (χ3v) is 2.33. The molecule has 0 radical (unpaired) electrons. The lowest BCUT2D eigenvalue weighted by molar-refractivity contribution is 0.659. The molecular weight excluding hydrogens is 134 g/mol. The van der Waals surface area contributed by atoms with Crippen molar-refractivity contribution in [1.82, 2.24) is 5.32 Å². The first kappa shape index (κ1) is 9.11. The Hall–Kier alpha value is 0.110. The van der Waals surface area contributed by atoms with E-state index >= 15 is 0 Å². The fourth-order valence-electron chi connectivity index (χ4n) is 0.599. The molecule has 0 amide bonds. The molecule has 1 saturated heterocycles. The van der Waals surface area contributed by atoms with Crippen molar-refractivity contribution >= 4 is 10.8 Å². The van der Waals surface area contributed by atoms with Crippen LogP contribution < -0.4 is 5.32 Å². The molecule has 0 aromatic rings. The van der Waals surface area contributed by atoms with E-state index in [1.807, 2.05) is 13.8 Å². The SMILES string of the molecule is CC.O=S1CCNCC1. The van der Waals surface area contributed by atoms with Gasteiger partial charge in [-0.15, -0.1) is 0 Å². The van der Waals surface area contributed by atoms with Crippen molar-refractivity contribution in [2.75, 3.05) is 24.6 Å². The summed E-state index contributed by atoms with van der Waals surface area (Å²) in [5, 5.41) is 3.12. The van der Waals surface area contributed by atoms with Crippen molar-refractivity contribution < 1.29 is 4.21 Å². The molecule has 1 aliphatic rings. The Bertz CT molecular complexity index is 77.1. The third-order valence-electron chi connectivity index (χ3n) is 1.01.